The molecule has 0 aliphatic rings. The smallest absolute Gasteiger partial charge is 0.141 e. The highest BCUT2D eigenvalue weighted by Gasteiger charge is 2.12. The van der Waals surface area contributed by atoms with Gasteiger partial charge in [0.25, 0.3) is 0 Å². The van der Waals surface area contributed by atoms with E-state index in [1.807, 2.05) is 38.4 Å². The number of halogens is 2. The number of aliphatic hydroxyl groups excluding tert-OH is 1. The standard InChI is InChI=1S/C30H29ClFN5O2/c1-36(2)15-22-17-37(16-21(22)10-11-38)25-7-8-28-26(14-25)30(34-19-33-28)35-24-6-9-29(27(31)13-24)39-18-20-4-3-5-23(32)12-20/h3-9,12-14,16-17,19,38H,10-11,15,18H2,1-2H3,(H,33,34,35). The number of anilines is 2. The lowest BCUT2D eigenvalue weighted by atomic mass is 10.1. The van der Waals surface area contributed by atoms with Crippen molar-refractivity contribution in [1.29, 1.82) is 0 Å². The molecule has 0 bridgehead atoms. The van der Waals surface area contributed by atoms with Gasteiger partial charge in [-0.25, -0.2) is 14.4 Å². The van der Waals surface area contributed by atoms with Crippen molar-refractivity contribution in [1.82, 2.24) is 19.4 Å². The highest BCUT2D eigenvalue weighted by Crippen LogP contribution is 2.32. The van der Waals surface area contributed by atoms with Gasteiger partial charge in [0.2, 0.25) is 0 Å². The van der Waals surface area contributed by atoms with Crippen molar-refractivity contribution in [2.24, 2.45) is 0 Å². The van der Waals surface area contributed by atoms with Gasteiger partial charge in [-0.15, -0.1) is 0 Å². The number of aromatic nitrogens is 3. The van der Waals surface area contributed by atoms with Crippen LogP contribution in [-0.2, 0) is 19.6 Å². The number of hydrogen-bond acceptors (Lipinski definition) is 6. The predicted molar refractivity (Wildman–Crippen MR) is 153 cm³/mol. The van der Waals surface area contributed by atoms with E-state index in [2.05, 4.69) is 37.1 Å². The van der Waals surface area contributed by atoms with E-state index in [4.69, 9.17) is 16.3 Å². The Bertz CT molecular complexity index is 1600. The van der Waals surface area contributed by atoms with Gasteiger partial charge in [-0.3, -0.25) is 0 Å². The maximum absolute atomic E-state index is 13.4. The fourth-order valence-corrected chi connectivity index (χ4v) is 4.68. The van der Waals surface area contributed by atoms with Gasteiger partial charge in [0, 0.05) is 42.3 Å². The molecule has 9 heteroatoms. The molecule has 2 N–H and O–H groups in total. The quantitative estimate of drug-likeness (QED) is 0.220. The van der Waals surface area contributed by atoms with E-state index in [1.165, 1.54) is 24.0 Å². The van der Waals surface area contributed by atoms with Crippen LogP contribution in [0, 0.1) is 5.82 Å². The number of ether oxygens (including phenoxy) is 1. The van der Waals surface area contributed by atoms with Crippen LogP contribution in [0.3, 0.4) is 0 Å². The highest BCUT2D eigenvalue weighted by molar-refractivity contribution is 6.32. The number of nitrogens with zero attached hydrogens (tertiary/aromatic N) is 4. The van der Waals surface area contributed by atoms with Gasteiger partial charge in [0.05, 0.1) is 10.5 Å². The molecular formula is C30H29ClFN5O2. The van der Waals surface area contributed by atoms with Crippen LogP contribution in [-0.4, -0.2) is 45.2 Å². The summed E-state index contributed by atoms with van der Waals surface area (Å²) in [5, 5.41) is 14.1. The Morgan fingerprint density at radius 2 is 1.87 bits per heavy atom. The predicted octanol–water partition coefficient (Wildman–Crippen LogP) is 6.13. The molecule has 0 atom stereocenters. The lowest BCUT2D eigenvalue weighted by Crippen LogP contribution is -2.11. The number of nitrogens with one attached hydrogen (secondary N) is 1. The summed E-state index contributed by atoms with van der Waals surface area (Å²) in [6, 6.07) is 17.7. The first-order valence-electron chi connectivity index (χ1n) is 12.5. The van der Waals surface area contributed by atoms with Crippen LogP contribution in [0.5, 0.6) is 5.75 Å². The molecule has 5 rings (SSSR count). The van der Waals surface area contributed by atoms with Crippen LogP contribution in [0.25, 0.3) is 16.6 Å². The lowest BCUT2D eigenvalue weighted by Gasteiger charge is -2.13. The fraction of sp³-hybridized carbons (Fsp3) is 0.200. The number of rotatable bonds is 10. The first-order chi connectivity index (χ1) is 18.9. The van der Waals surface area contributed by atoms with E-state index in [0.717, 1.165) is 39.9 Å². The third-order valence-electron chi connectivity index (χ3n) is 6.27. The second-order valence-electron chi connectivity index (χ2n) is 9.54. The van der Waals surface area contributed by atoms with Crippen molar-refractivity contribution >= 4 is 34.0 Å². The van der Waals surface area contributed by atoms with Crippen molar-refractivity contribution in [3.63, 3.8) is 0 Å². The second kappa shape index (κ2) is 11.8. The van der Waals surface area contributed by atoms with E-state index in [0.29, 0.717) is 23.0 Å². The van der Waals surface area contributed by atoms with Gasteiger partial charge in [0.15, 0.2) is 0 Å². The Kier molecular flexibility index (Phi) is 8.07. The minimum Gasteiger partial charge on any atom is -0.487 e. The monoisotopic (exact) mass is 545 g/mol. The van der Waals surface area contributed by atoms with E-state index in [-0.39, 0.29) is 19.0 Å². The van der Waals surface area contributed by atoms with Crippen molar-refractivity contribution in [3.8, 4) is 11.4 Å². The molecule has 0 saturated heterocycles. The fourth-order valence-electron chi connectivity index (χ4n) is 4.44. The van der Waals surface area contributed by atoms with Crippen LogP contribution in [0.4, 0.5) is 15.9 Å². The third kappa shape index (κ3) is 6.37. The largest absolute Gasteiger partial charge is 0.487 e. The molecule has 0 spiro atoms. The zero-order valence-electron chi connectivity index (χ0n) is 21.7. The highest BCUT2D eigenvalue weighted by atomic mass is 35.5. The SMILES string of the molecule is CN(C)Cc1cn(-c2ccc3ncnc(Nc4ccc(OCc5cccc(F)c5)c(Cl)c4)c3c2)cc1CCO. The Balaban J connectivity index is 1.39. The summed E-state index contributed by atoms with van der Waals surface area (Å²) in [5.74, 6) is 0.835. The average Bonchev–Trinajstić information content (AvgIpc) is 3.30. The summed E-state index contributed by atoms with van der Waals surface area (Å²) in [6.45, 7) is 1.09. The summed E-state index contributed by atoms with van der Waals surface area (Å²) >= 11 is 6.50. The molecule has 39 heavy (non-hydrogen) atoms. The number of fused-ring (bicyclic) bond motifs is 1. The Morgan fingerprint density at radius 3 is 2.64 bits per heavy atom. The Hall–Kier alpha value is -3.98. The van der Waals surface area contributed by atoms with Crippen molar-refractivity contribution in [3.05, 3.63) is 107 Å². The number of aliphatic hydroxyl groups is 1. The summed E-state index contributed by atoms with van der Waals surface area (Å²) < 4.78 is 21.3. The number of hydrogen-bond donors (Lipinski definition) is 2. The van der Waals surface area contributed by atoms with Gasteiger partial charge in [-0.05, 0) is 85.7 Å². The molecule has 0 saturated carbocycles. The first-order valence-corrected chi connectivity index (χ1v) is 12.9. The third-order valence-corrected chi connectivity index (χ3v) is 6.56. The minimum atomic E-state index is -0.307. The first kappa shape index (κ1) is 26.6. The lowest BCUT2D eigenvalue weighted by molar-refractivity contribution is 0.298. The molecule has 3 aromatic carbocycles. The maximum Gasteiger partial charge on any atom is 0.141 e. The van der Waals surface area contributed by atoms with Gasteiger partial charge in [0.1, 0.15) is 30.3 Å². The molecule has 0 aliphatic heterocycles. The molecule has 2 heterocycles. The summed E-state index contributed by atoms with van der Waals surface area (Å²) in [4.78, 5) is 11.0. The molecule has 0 radical (unpaired) electrons. The molecule has 0 amide bonds. The maximum atomic E-state index is 13.4. The molecular weight excluding hydrogens is 517 g/mol. The van der Waals surface area contributed by atoms with E-state index in [1.54, 1.807) is 24.3 Å². The van der Waals surface area contributed by atoms with Crippen LogP contribution in [0.2, 0.25) is 5.02 Å². The molecule has 0 fully saturated rings. The van der Waals surface area contributed by atoms with Crippen LogP contribution >= 0.6 is 11.6 Å². The van der Waals surface area contributed by atoms with E-state index in [9.17, 15) is 9.50 Å². The zero-order valence-corrected chi connectivity index (χ0v) is 22.5. The van der Waals surface area contributed by atoms with Gasteiger partial charge in [-0.2, -0.15) is 0 Å². The van der Waals surface area contributed by atoms with Gasteiger partial charge >= 0.3 is 0 Å². The molecule has 7 nitrogen and oxygen atoms in total. The Labute approximate surface area is 231 Å². The summed E-state index contributed by atoms with van der Waals surface area (Å²) in [5.41, 5.74) is 5.51. The molecule has 0 aliphatic carbocycles. The van der Waals surface area contributed by atoms with Crippen LogP contribution in [0.1, 0.15) is 16.7 Å². The van der Waals surface area contributed by atoms with E-state index >= 15 is 0 Å². The van der Waals surface area contributed by atoms with Crippen molar-refractivity contribution < 1.29 is 14.2 Å². The number of benzene rings is 3. The minimum absolute atomic E-state index is 0.0985. The topological polar surface area (TPSA) is 75.4 Å². The van der Waals surface area contributed by atoms with Crippen LogP contribution in [0.15, 0.2) is 79.4 Å². The van der Waals surface area contributed by atoms with Gasteiger partial charge in [-0.1, -0.05) is 23.7 Å². The van der Waals surface area contributed by atoms with Crippen LogP contribution < -0.4 is 10.1 Å². The van der Waals surface area contributed by atoms with E-state index < -0.39 is 0 Å². The Morgan fingerprint density at radius 1 is 1.03 bits per heavy atom. The zero-order chi connectivity index (χ0) is 27.4. The second-order valence-corrected chi connectivity index (χ2v) is 9.95. The van der Waals surface area contributed by atoms with Crippen molar-refractivity contribution in [2.45, 2.75) is 19.6 Å². The molecule has 200 valence electrons. The van der Waals surface area contributed by atoms with Gasteiger partial charge < -0.3 is 24.6 Å². The molecule has 5 aromatic rings. The summed E-state index contributed by atoms with van der Waals surface area (Å²) in [7, 11) is 4.06. The van der Waals surface area contributed by atoms with Crippen molar-refractivity contribution in [2.75, 3.05) is 26.0 Å². The average molecular weight is 546 g/mol. The summed E-state index contributed by atoms with van der Waals surface area (Å²) in [6.07, 6.45) is 6.29. The molecule has 2 aromatic heterocycles. The molecule has 0 unspecified atom stereocenters. The normalized spacial score (nSPS) is 11.3.